The molecule has 0 spiro atoms. The summed E-state index contributed by atoms with van der Waals surface area (Å²) in [4.78, 5) is 18.4. The number of amides is 1. The van der Waals surface area contributed by atoms with Crippen LogP contribution < -0.4 is 10.0 Å². The van der Waals surface area contributed by atoms with Crippen LogP contribution in [0.5, 0.6) is 0 Å². The lowest BCUT2D eigenvalue weighted by molar-refractivity contribution is -0.142. The number of aromatic nitrogens is 5. The van der Waals surface area contributed by atoms with E-state index in [1.54, 1.807) is 37.4 Å². The maximum atomic E-state index is 15.3. The summed E-state index contributed by atoms with van der Waals surface area (Å²) in [5.74, 6) is -8.84. The lowest BCUT2D eigenvalue weighted by Crippen LogP contribution is -2.35. The summed E-state index contributed by atoms with van der Waals surface area (Å²) in [7, 11) is -2.17. The molecular weight excluding hydrogens is 719 g/mol. The Morgan fingerprint density at radius 1 is 1.10 bits per heavy atom. The Bertz CT molecular complexity index is 2390. The number of hydrogen-bond donors (Lipinski definition) is 2. The molecule has 0 saturated heterocycles. The minimum Gasteiger partial charge on any atom is -0.346 e. The van der Waals surface area contributed by atoms with Crippen molar-refractivity contribution in [2.45, 2.75) is 43.4 Å². The predicted molar refractivity (Wildman–Crippen MR) is 175 cm³/mol. The van der Waals surface area contributed by atoms with Crippen LogP contribution in [0.3, 0.4) is 0 Å². The van der Waals surface area contributed by atoms with Crippen molar-refractivity contribution in [3.63, 3.8) is 0 Å². The fraction of sp³-hybridized carbons (Fsp3) is 0.294. The summed E-state index contributed by atoms with van der Waals surface area (Å²) >= 11 is 0. The van der Waals surface area contributed by atoms with Crippen molar-refractivity contribution >= 4 is 38.7 Å². The Hall–Kier alpha value is -5.26. The largest absolute Gasteiger partial charge is 0.435 e. The van der Waals surface area contributed by atoms with Gasteiger partial charge in [0, 0.05) is 41.1 Å². The second-order valence-corrected chi connectivity index (χ2v) is 14.6. The molecule has 0 radical (unpaired) electrons. The summed E-state index contributed by atoms with van der Waals surface area (Å²) < 4.78 is 129. The number of aryl methyl sites for hydroxylation is 1. The third kappa shape index (κ3) is 6.28. The van der Waals surface area contributed by atoms with Crippen LogP contribution in [-0.2, 0) is 46.9 Å². The van der Waals surface area contributed by atoms with E-state index in [2.05, 4.69) is 31.8 Å². The van der Waals surface area contributed by atoms with Crippen LogP contribution in [-0.4, -0.2) is 45.1 Å². The van der Waals surface area contributed by atoms with E-state index in [1.165, 1.54) is 10.8 Å². The van der Waals surface area contributed by atoms with Gasteiger partial charge >= 0.3 is 6.18 Å². The highest BCUT2D eigenvalue weighted by Gasteiger charge is 2.68. The van der Waals surface area contributed by atoms with Crippen LogP contribution >= 0.6 is 0 Å². The van der Waals surface area contributed by atoms with E-state index in [4.69, 9.17) is 0 Å². The average Bonchev–Trinajstić information content (AvgIpc) is 3.59. The third-order valence-electron chi connectivity index (χ3n) is 9.11. The van der Waals surface area contributed by atoms with Gasteiger partial charge in [-0.3, -0.25) is 23.9 Å². The van der Waals surface area contributed by atoms with Crippen LogP contribution in [0.25, 0.3) is 28.1 Å². The van der Waals surface area contributed by atoms with E-state index in [-0.39, 0.29) is 29.9 Å². The van der Waals surface area contributed by atoms with Gasteiger partial charge < -0.3 is 5.32 Å². The maximum Gasteiger partial charge on any atom is 0.435 e. The number of halogens is 7. The van der Waals surface area contributed by atoms with Crippen LogP contribution in [0.4, 0.5) is 36.6 Å². The molecule has 1 unspecified atom stereocenters. The first kappa shape index (κ1) is 35.2. The molecule has 2 aliphatic rings. The number of alkyl halides is 5. The zero-order chi connectivity index (χ0) is 37.5. The minimum atomic E-state index is -5.04. The molecule has 272 valence electrons. The minimum absolute atomic E-state index is 0.0265. The summed E-state index contributed by atoms with van der Waals surface area (Å²) in [5, 5.41) is 10.8. The zero-order valence-corrected chi connectivity index (χ0v) is 28.1. The standard InChI is InChI=1S/C34H28F7N7O3S/c1-4-19-8-9-20(21-6-5-7-22-29(21)47(2)45-32(22)46-52(3,50)51)28(42-19)25(12-16-10-17(35)13-18(36)11-16)43-26(49)15-48-31-27(30(44-48)34(39,40)41)23-14-24(23)33(31,37)38/h4-11,13,23-25H,1,12,14-15H2,2-3H3,(H,43,49)(H,45,46)/t23-,24?,25-/m0/s1. The second kappa shape index (κ2) is 12.2. The van der Waals surface area contributed by atoms with Gasteiger partial charge in [0.15, 0.2) is 11.5 Å². The van der Waals surface area contributed by atoms with E-state index in [0.717, 1.165) is 18.4 Å². The first-order valence-corrected chi connectivity index (χ1v) is 17.6. The van der Waals surface area contributed by atoms with Crippen LogP contribution in [0.1, 0.15) is 52.3 Å². The van der Waals surface area contributed by atoms with Crippen molar-refractivity contribution in [2.24, 2.45) is 13.0 Å². The van der Waals surface area contributed by atoms with Crippen molar-refractivity contribution in [1.82, 2.24) is 29.9 Å². The number of fused-ring (bicyclic) bond motifs is 4. The Morgan fingerprint density at radius 3 is 2.46 bits per heavy atom. The molecule has 0 bridgehead atoms. The number of carbonyl (C=O) groups excluding carboxylic acids is 1. The number of rotatable bonds is 10. The third-order valence-corrected chi connectivity index (χ3v) is 9.68. The van der Waals surface area contributed by atoms with Crippen molar-refractivity contribution in [1.29, 1.82) is 0 Å². The topological polar surface area (TPSA) is 124 Å². The number of hydrogen-bond acceptors (Lipinski definition) is 6. The van der Waals surface area contributed by atoms with Crippen LogP contribution in [0.15, 0.2) is 55.1 Å². The molecule has 0 aliphatic heterocycles. The van der Waals surface area contributed by atoms with Gasteiger partial charge in [0.1, 0.15) is 23.9 Å². The first-order valence-electron chi connectivity index (χ1n) is 15.7. The summed E-state index contributed by atoms with van der Waals surface area (Å²) in [6.45, 7) is 2.70. The molecule has 2 N–H and O–H groups in total. The highest BCUT2D eigenvalue weighted by molar-refractivity contribution is 7.92. The highest BCUT2D eigenvalue weighted by atomic mass is 32.2. The highest BCUT2D eigenvalue weighted by Crippen LogP contribution is 2.68. The number of nitrogens with one attached hydrogen (secondary N) is 2. The summed E-state index contributed by atoms with van der Waals surface area (Å²) in [6, 6.07) is 9.55. The lowest BCUT2D eigenvalue weighted by Gasteiger charge is -2.23. The van der Waals surface area contributed by atoms with E-state index in [1.807, 2.05) is 0 Å². The molecule has 52 heavy (non-hydrogen) atoms. The van der Waals surface area contributed by atoms with Crippen LogP contribution in [0, 0.1) is 17.6 Å². The Morgan fingerprint density at radius 2 is 1.81 bits per heavy atom. The number of benzene rings is 2. The van der Waals surface area contributed by atoms with Gasteiger partial charge in [0.05, 0.1) is 29.2 Å². The molecular formula is C34H28F7N7O3S. The molecule has 5 aromatic rings. The molecule has 3 heterocycles. The van der Waals surface area contributed by atoms with Gasteiger partial charge in [-0.1, -0.05) is 24.8 Å². The Balaban J connectivity index is 1.34. The van der Waals surface area contributed by atoms with E-state index < -0.39 is 81.0 Å². The second-order valence-electron chi connectivity index (χ2n) is 12.9. The van der Waals surface area contributed by atoms with E-state index in [9.17, 15) is 35.2 Å². The summed E-state index contributed by atoms with van der Waals surface area (Å²) in [5.41, 5.74) is -1.36. The van der Waals surface area contributed by atoms with Crippen molar-refractivity contribution in [3.8, 4) is 11.1 Å². The molecule has 1 saturated carbocycles. The number of carbonyl (C=O) groups is 1. The number of nitrogens with zero attached hydrogens (tertiary/aromatic N) is 5. The molecule has 1 fully saturated rings. The molecule has 1 amide bonds. The number of para-hydroxylation sites is 1. The van der Waals surface area contributed by atoms with Crippen molar-refractivity contribution in [2.75, 3.05) is 11.0 Å². The Kier molecular flexibility index (Phi) is 8.23. The molecule has 2 aliphatic carbocycles. The molecule has 10 nitrogen and oxygen atoms in total. The number of anilines is 1. The molecule has 3 aromatic heterocycles. The normalized spacial score (nSPS) is 18.2. The van der Waals surface area contributed by atoms with Gasteiger partial charge in [0.2, 0.25) is 15.9 Å². The molecule has 3 atom stereocenters. The smallest absolute Gasteiger partial charge is 0.346 e. The molecule has 18 heteroatoms. The SMILES string of the molecule is C=Cc1ccc(-c2cccc3c(NS(C)(=O)=O)nn(C)c23)c([C@H](Cc2cc(F)cc(F)c2)NC(=O)Cn2nc(C(F)(F)F)c3c2C(F)(F)C2C[C@H]32)n1. The summed E-state index contributed by atoms with van der Waals surface area (Å²) in [6.07, 6.45) is -3.13. The maximum absolute atomic E-state index is 15.3. The van der Waals surface area contributed by atoms with Crippen molar-refractivity contribution < 1.29 is 43.9 Å². The molecule has 7 rings (SSSR count). The lowest BCUT2D eigenvalue weighted by atomic mass is 9.93. The van der Waals surface area contributed by atoms with Crippen molar-refractivity contribution in [3.05, 3.63) is 101 Å². The van der Waals surface area contributed by atoms with Gasteiger partial charge in [-0.15, -0.1) is 0 Å². The van der Waals surface area contributed by atoms with Crippen LogP contribution in [0.2, 0.25) is 0 Å². The number of pyridine rings is 1. The Labute approximate surface area is 291 Å². The zero-order valence-electron chi connectivity index (χ0n) is 27.3. The van der Waals surface area contributed by atoms with Gasteiger partial charge in [-0.25, -0.2) is 17.2 Å². The fourth-order valence-corrected chi connectivity index (χ4v) is 7.55. The van der Waals surface area contributed by atoms with Gasteiger partial charge in [-0.2, -0.15) is 32.1 Å². The quantitative estimate of drug-likeness (QED) is 0.158. The first-order chi connectivity index (χ1) is 24.4. The predicted octanol–water partition coefficient (Wildman–Crippen LogP) is 6.45. The van der Waals surface area contributed by atoms with E-state index >= 15 is 8.78 Å². The number of sulfonamides is 1. The van der Waals surface area contributed by atoms with Gasteiger partial charge in [-0.05, 0) is 54.7 Å². The fourth-order valence-electron chi connectivity index (χ4n) is 7.05. The molecule has 2 aromatic carbocycles. The van der Waals surface area contributed by atoms with E-state index in [0.29, 0.717) is 38.5 Å². The monoisotopic (exact) mass is 747 g/mol. The van der Waals surface area contributed by atoms with Gasteiger partial charge in [0.25, 0.3) is 5.92 Å². The average molecular weight is 748 g/mol.